The second-order valence-corrected chi connectivity index (χ2v) is 8.70. The number of aliphatic hydroxyl groups excluding tert-OH is 4. The van der Waals surface area contributed by atoms with Crippen LogP contribution in [-0.2, 0) is 22.4 Å². The van der Waals surface area contributed by atoms with Gasteiger partial charge in [0.15, 0.2) is 0 Å². The number of nitrogens with two attached hydrogens (primary N) is 1. The highest BCUT2D eigenvalue weighted by Gasteiger charge is 2.45. The van der Waals surface area contributed by atoms with E-state index in [-0.39, 0.29) is 17.7 Å². The summed E-state index contributed by atoms with van der Waals surface area (Å²) in [5.74, 6) is 0.0287. The van der Waals surface area contributed by atoms with Crippen LogP contribution in [-0.4, -0.2) is 73.8 Å². The van der Waals surface area contributed by atoms with Crippen molar-refractivity contribution in [1.29, 1.82) is 0 Å². The summed E-state index contributed by atoms with van der Waals surface area (Å²) in [4.78, 5) is 10.9. The van der Waals surface area contributed by atoms with Crippen molar-refractivity contribution in [2.45, 2.75) is 76.2 Å². The Hall–Kier alpha value is -2.50. The van der Waals surface area contributed by atoms with Crippen LogP contribution in [0.15, 0.2) is 24.3 Å². The molecule has 2 aromatic rings. The SMILES string of the molecule is CC(C)c1[nH]nc(O[C@@H]2O[C@H](CO)[C@@H](O)[C@H](O)[C@H]2O)c1Cc1ccc(CCCC(N)=O)cc1. The number of nitrogens with zero attached hydrogens (tertiary/aromatic N) is 1. The first kappa shape index (κ1) is 25.1. The lowest BCUT2D eigenvalue weighted by atomic mass is 9.97. The summed E-state index contributed by atoms with van der Waals surface area (Å²) in [5.41, 5.74) is 8.95. The number of hydrogen-bond donors (Lipinski definition) is 6. The first-order valence-corrected chi connectivity index (χ1v) is 11.1. The summed E-state index contributed by atoms with van der Waals surface area (Å²) >= 11 is 0. The van der Waals surface area contributed by atoms with Gasteiger partial charge >= 0.3 is 0 Å². The molecule has 3 rings (SSSR count). The molecule has 5 atom stereocenters. The molecule has 0 bridgehead atoms. The number of aliphatic hydroxyl groups is 4. The summed E-state index contributed by atoms with van der Waals surface area (Å²) in [6, 6.07) is 8.00. The highest BCUT2D eigenvalue weighted by molar-refractivity contribution is 5.73. The van der Waals surface area contributed by atoms with Gasteiger partial charge in [-0.2, -0.15) is 0 Å². The predicted molar refractivity (Wildman–Crippen MR) is 118 cm³/mol. The fourth-order valence-corrected chi connectivity index (χ4v) is 3.88. The monoisotopic (exact) mass is 463 g/mol. The molecule has 33 heavy (non-hydrogen) atoms. The zero-order valence-corrected chi connectivity index (χ0v) is 18.8. The Labute approximate surface area is 192 Å². The average molecular weight is 464 g/mol. The molecule has 1 aliphatic heterocycles. The van der Waals surface area contributed by atoms with Gasteiger partial charge in [-0.05, 0) is 29.9 Å². The first-order valence-electron chi connectivity index (χ1n) is 11.1. The number of amides is 1. The number of hydrogen-bond acceptors (Lipinski definition) is 8. The number of ether oxygens (including phenoxy) is 2. The van der Waals surface area contributed by atoms with Crippen LogP contribution in [0.4, 0.5) is 0 Å². The van der Waals surface area contributed by atoms with Gasteiger partial charge in [0.1, 0.15) is 24.4 Å². The number of carbonyl (C=O) groups excluding carboxylic acids is 1. The lowest BCUT2D eigenvalue weighted by molar-refractivity contribution is -0.278. The molecular weight excluding hydrogens is 430 g/mol. The topological polar surface area (TPSA) is 171 Å². The molecule has 1 saturated heterocycles. The van der Waals surface area contributed by atoms with Crippen molar-refractivity contribution < 1.29 is 34.7 Å². The smallest absolute Gasteiger partial charge is 0.238 e. The van der Waals surface area contributed by atoms with E-state index in [1.165, 1.54) is 0 Å². The summed E-state index contributed by atoms with van der Waals surface area (Å²) < 4.78 is 11.3. The number of aromatic amines is 1. The number of rotatable bonds is 10. The van der Waals surface area contributed by atoms with E-state index in [4.69, 9.17) is 15.2 Å². The highest BCUT2D eigenvalue weighted by Crippen LogP contribution is 2.31. The predicted octanol–water partition coefficient (Wildman–Crippen LogP) is 0.111. The van der Waals surface area contributed by atoms with Crippen molar-refractivity contribution in [3.8, 4) is 5.88 Å². The molecule has 10 heteroatoms. The number of H-pyrrole nitrogens is 1. The van der Waals surface area contributed by atoms with Crippen molar-refractivity contribution in [2.75, 3.05) is 6.61 Å². The van der Waals surface area contributed by atoms with Crippen LogP contribution in [0, 0.1) is 0 Å². The van der Waals surface area contributed by atoms with Crippen molar-refractivity contribution >= 4 is 5.91 Å². The van der Waals surface area contributed by atoms with Gasteiger partial charge in [0.2, 0.25) is 18.1 Å². The molecule has 2 heterocycles. The van der Waals surface area contributed by atoms with Crippen LogP contribution < -0.4 is 10.5 Å². The average Bonchev–Trinajstić information content (AvgIpc) is 3.17. The minimum Gasteiger partial charge on any atom is -0.443 e. The molecule has 1 aromatic carbocycles. The zero-order valence-electron chi connectivity index (χ0n) is 18.8. The van der Waals surface area contributed by atoms with Crippen LogP contribution in [0.5, 0.6) is 5.88 Å². The Morgan fingerprint density at radius 3 is 2.42 bits per heavy atom. The Morgan fingerprint density at radius 2 is 1.82 bits per heavy atom. The lowest BCUT2D eigenvalue weighted by Crippen LogP contribution is -2.60. The highest BCUT2D eigenvalue weighted by atomic mass is 16.7. The Balaban J connectivity index is 1.76. The second-order valence-electron chi connectivity index (χ2n) is 8.70. The zero-order chi connectivity index (χ0) is 24.1. The largest absolute Gasteiger partial charge is 0.443 e. The van der Waals surface area contributed by atoms with Gasteiger partial charge in [-0.1, -0.05) is 38.1 Å². The van der Waals surface area contributed by atoms with E-state index in [9.17, 15) is 25.2 Å². The fraction of sp³-hybridized carbons (Fsp3) is 0.565. The van der Waals surface area contributed by atoms with Gasteiger partial charge in [0.25, 0.3) is 0 Å². The fourth-order valence-electron chi connectivity index (χ4n) is 3.88. The van der Waals surface area contributed by atoms with Gasteiger partial charge in [0, 0.05) is 24.1 Å². The Kier molecular flexibility index (Phi) is 8.44. The number of primary amides is 1. The quantitative estimate of drug-likeness (QED) is 0.288. The van der Waals surface area contributed by atoms with E-state index in [1.807, 2.05) is 38.1 Å². The van der Waals surface area contributed by atoms with E-state index >= 15 is 0 Å². The van der Waals surface area contributed by atoms with E-state index in [2.05, 4.69) is 10.2 Å². The summed E-state index contributed by atoms with van der Waals surface area (Å²) in [6.07, 6.45) is -4.58. The molecule has 182 valence electrons. The molecule has 10 nitrogen and oxygen atoms in total. The van der Waals surface area contributed by atoms with Crippen LogP contribution >= 0.6 is 0 Å². The van der Waals surface area contributed by atoms with Crippen LogP contribution in [0.25, 0.3) is 0 Å². The van der Waals surface area contributed by atoms with Gasteiger partial charge in [0.05, 0.1) is 6.61 Å². The normalized spacial score (nSPS) is 25.4. The second kappa shape index (κ2) is 11.1. The first-order chi connectivity index (χ1) is 15.7. The minimum absolute atomic E-state index is 0.118. The number of aryl methyl sites for hydroxylation is 1. The number of carbonyl (C=O) groups is 1. The maximum atomic E-state index is 10.9. The molecule has 1 fully saturated rings. The van der Waals surface area contributed by atoms with Crippen LogP contribution in [0.2, 0.25) is 0 Å². The lowest BCUT2D eigenvalue weighted by Gasteiger charge is -2.39. The van der Waals surface area contributed by atoms with Crippen molar-refractivity contribution in [3.05, 3.63) is 46.6 Å². The van der Waals surface area contributed by atoms with Crippen LogP contribution in [0.1, 0.15) is 55.0 Å². The summed E-state index contributed by atoms with van der Waals surface area (Å²) in [5, 5.41) is 46.9. The van der Waals surface area contributed by atoms with E-state index in [0.29, 0.717) is 19.3 Å². The maximum Gasteiger partial charge on any atom is 0.238 e. The third-order valence-corrected chi connectivity index (χ3v) is 5.81. The molecule has 0 aliphatic carbocycles. The van der Waals surface area contributed by atoms with Gasteiger partial charge in [-0.15, -0.1) is 5.10 Å². The standard InChI is InChI=1S/C23H33N3O7/c1-12(2)18-15(10-14-8-6-13(7-9-14)4-3-5-17(24)28)22(26-25-18)33-23-21(31)20(30)19(29)16(11-27)32-23/h6-9,12,16,19-21,23,27,29-31H,3-5,10-11H2,1-2H3,(H2,24,28)(H,25,26)/t16-,19-,20+,21-,23+/m1/s1. The van der Waals surface area contributed by atoms with E-state index in [0.717, 1.165) is 28.8 Å². The molecule has 1 amide bonds. The number of benzene rings is 1. The molecule has 0 unspecified atom stereocenters. The molecule has 0 radical (unpaired) electrons. The number of nitrogens with one attached hydrogen (secondary N) is 1. The maximum absolute atomic E-state index is 10.9. The number of aromatic nitrogens is 2. The van der Waals surface area contributed by atoms with Crippen molar-refractivity contribution in [2.24, 2.45) is 5.73 Å². The third-order valence-electron chi connectivity index (χ3n) is 5.81. The van der Waals surface area contributed by atoms with E-state index < -0.39 is 37.3 Å². The van der Waals surface area contributed by atoms with Crippen molar-refractivity contribution in [1.82, 2.24) is 10.2 Å². The summed E-state index contributed by atoms with van der Waals surface area (Å²) in [6.45, 7) is 3.48. The summed E-state index contributed by atoms with van der Waals surface area (Å²) in [7, 11) is 0. The molecule has 7 N–H and O–H groups in total. The Morgan fingerprint density at radius 1 is 1.15 bits per heavy atom. The minimum atomic E-state index is -1.53. The van der Waals surface area contributed by atoms with Gasteiger partial charge < -0.3 is 35.6 Å². The molecule has 1 aromatic heterocycles. The molecule has 0 spiro atoms. The van der Waals surface area contributed by atoms with Gasteiger partial charge in [-0.25, -0.2) is 0 Å². The van der Waals surface area contributed by atoms with Crippen LogP contribution in [0.3, 0.4) is 0 Å². The van der Waals surface area contributed by atoms with E-state index in [1.54, 1.807) is 0 Å². The molecule has 0 saturated carbocycles. The van der Waals surface area contributed by atoms with Gasteiger partial charge in [-0.3, -0.25) is 9.89 Å². The molecular formula is C23H33N3O7. The third kappa shape index (κ3) is 6.10. The van der Waals surface area contributed by atoms with Crippen molar-refractivity contribution in [3.63, 3.8) is 0 Å². The molecule has 1 aliphatic rings. The Bertz CT molecular complexity index is 913.